The Balaban J connectivity index is 2.14. The van der Waals surface area contributed by atoms with Crippen molar-refractivity contribution in [2.45, 2.75) is 6.42 Å². The lowest BCUT2D eigenvalue weighted by Crippen LogP contribution is -2.11. The second-order valence-corrected chi connectivity index (χ2v) is 8.78. The van der Waals surface area contributed by atoms with Crippen LogP contribution >= 0.6 is 0 Å². The van der Waals surface area contributed by atoms with E-state index in [9.17, 15) is 21.6 Å². The minimum Gasteiger partial charge on any atom is -0.493 e. The number of carbonyl (C=O) groups excluding carboxylic acids is 1. The molecule has 146 valence electrons. The molecule has 0 aliphatic carbocycles. The molecule has 0 saturated carbocycles. The van der Waals surface area contributed by atoms with Crippen LogP contribution in [0.25, 0.3) is 0 Å². The number of hydrogen-bond acceptors (Lipinski definition) is 8. The van der Waals surface area contributed by atoms with Gasteiger partial charge in [-0.1, -0.05) is 6.07 Å². The molecule has 0 amide bonds. The predicted molar refractivity (Wildman–Crippen MR) is 98.4 cm³/mol. The molecular weight excluding hydrogens is 396 g/mol. The fraction of sp³-hybridized carbons (Fsp3) is 0.235. The van der Waals surface area contributed by atoms with E-state index in [0.29, 0.717) is 23.3 Å². The summed E-state index contributed by atoms with van der Waals surface area (Å²) in [5.74, 6) is 0.437. The molecule has 8 nitrogen and oxygen atoms in total. The van der Waals surface area contributed by atoms with Crippen molar-refractivity contribution in [3.8, 4) is 17.2 Å². The van der Waals surface area contributed by atoms with Gasteiger partial charge in [-0.15, -0.1) is 0 Å². The third-order valence-electron chi connectivity index (χ3n) is 3.18. The van der Waals surface area contributed by atoms with Crippen LogP contribution in [0.2, 0.25) is 0 Å². The number of aldehydes is 1. The molecule has 10 heteroatoms. The number of carbonyl (C=O) groups is 1. The number of rotatable bonds is 9. The molecule has 0 bridgehead atoms. The van der Waals surface area contributed by atoms with Gasteiger partial charge < -0.3 is 13.1 Å². The predicted octanol–water partition coefficient (Wildman–Crippen LogP) is 1.80. The van der Waals surface area contributed by atoms with Crippen LogP contribution in [0.4, 0.5) is 0 Å². The average molecular weight is 414 g/mol. The first-order valence-corrected chi connectivity index (χ1v) is 11.3. The lowest BCUT2D eigenvalue weighted by atomic mass is 10.1. The summed E-state index contributed by atoms with van der Waals surface area (Å²) < 4.78 is 60.6. The minimum atomic E-state index is -3.82. The Hall–Kier alpha value is -2.59. The van der Waals surface area contributed by atoms with Crippen molar-refractivity contribution in [2.75, 3.05) is 19.1 Å². The molecule has 0 N–H and O–H groups in total. The zero-order chi connectivity index (χ0) is 20.1. The van der Waals surface area contributed by atoms with E-state index in [1.807, 2.05) is 0 Å². The molecule has 0 heterocycles. The van der Waals surface area contributed by atoms with Crippen molar-refractivity contribution < 1.29 is 34.7 Å². The highest BCUT2D eigenvalue weighted by Gasteiger charge is 2.14. The Labute approximate surface area is 157 Å². The summed E-state index contributed by atoms with van der Waals surface area (Å²) in [4.78, 5) is 10.6. The molecule has 2 aromatic rings. The molecule has 0 aromatic heterocycles. The molecule has 0 radical (unpaired) electrons. The molecule has 0 unspecified atom stereocenters. The monoisotopic (exact) mass is 414 g/mol. The average Bonchev–Trinajstić information content (AvgIpc) is 2.54. The van der Waals surface area contributed by atoms with Gasteiger partial charge in [0.15, 0.2) is 0 Å². The summed E-state index contributed by atoms with van der Waals surface area (Å²) in [5.41, 5.74) is 1.01. The molecule has 0 fully saturated rings. The lowest BCUT2D eigenvalue weighted by Gasteiger charge is -2.12. The largest absolute Gasteiger partial charge is 0.493 e. The van der Waals surface area contributed by atoms with Crippen LogP contribution in [0, 0.1) is 0 Å². The Morgan fingerprint density at radius 1 is 0.852 bits per heavy atom. The van der Waals surface area contributed by atoms with Gasteiger partial charge in [0.25, 0.3) is 0 Å². The normalized spacial score (nSPS) is 11.6. The first-order chi connectivity index (χ1) is 12.6. The van der Waals surface area contributed by atoms with Crippen LogP contribution in [0.1, 0.15) is 15.9 Å². The second-order valence-electron chi connectivity index (χ2n) is 5.63. The summed E-state index contributed by atoms with van der Waals surface area (Å²) >= 11 is 0. The van der Waals surface area contributed by atoms with E-state index >= 15 is 0 Å². The molecule has 0 spiro atoms. The third-order valence-corrected chi connectivity index (χ3v) is 4.16. The maximum absolute atomic E-state index is 11.5. The van der Waals surface area contributed by atoms with Crippen LogP contribution in [-0.4, -0.2) is 42.2 Å². The van der Waals surface area contributed by atoms with Crippen molar-refractivity contribution in [3.05, 3.63) is 53.6 Å². The molecule has 0 aliphatic heterocycles. The highest BCUT2D eigenvalue weighted by molar-refractivity contribution is 7.86. The highest BCUT2D eigenvalue weighted by atomic mass is 32.2. The third kappa shape index (κ3) is 7.27. The van der Waals surface area contributed by atoms with E-state index < -0.39 is 20.2 Å². The van der Waals surface area contributed by atoms with Gasteiger partial charge in [-0.25, -0.2) is 0 Å². The van der Waals surface area contributed by atoms with Crippen molar-refractivity contribution in [1.82, 2.24) is 0 Å². The van der Waals surface area contributed by atoms with Crippen LogP contribution in [0.5, 0.6) is 17.2 Å². The molecule has 27 heavy (non-hydrogen) atoms. The number of hydrogen-bond donors (Lipinski definition) is 0. The maximum Gasteiger partial charge on any atom is 0.306 e. The smallest absolute Gasteiger partial charge is 0.306 e. The van der Waals surface area contributed by atoms with E-state index in [-0.39, 0.29) is 18.1 Å². The van der Waals surface area contributed by atoms with Gasteiger partial charge in [0, 0.05) is 18.1 Å². The molecule has 0 saturated heterocycles. The van der Waals surface area contributed by atoms with E-state index in [1.165, 1.54) is 18.2 Å². The van der Waals surface area contributed by atoms with Gasteiger partial charge in [0.05, 0.1) is 19.1 Å². The van der Waals surface area contributed by atoms with Gasteiger partial charge in [-0.3, -0.25) is 4.79 Å². The first-order valence-electron chi connectivity index (χ1n) is 7.65. The van der Waals surface area contributed by atoms with Crippen LogP contribution in [-0.2, 0) is 26.7 Å². The molecule has 0 atom stereocenters. The molecule has 0 aliphatic rings. The zero-order valence-electron chi connectivity index (χ0n) is 14.6. The Morgan fingerprint density at radius 2 is 1.44 bits per heavy atom. The van der Waals surface area contributed by atoms with E-state index in [1.54, 1.807) is 24.3 Å². The van der Waals surface area contributed by atoms with Gasteiger partial charge in [-0.05, 0) is 35.9 Å². The van der Waals surface area contributed by atoms with E-state index in [4.69, 9.17) is 13.1 Å². The van der Waals surface area contributed by atoms with Crippen LogP contribution < -0.4 is 13.1 Å². The van der Waals surface area contributed by atoms with E-state index in [2.05, 4.69) is 0 Å². The lowest BCUT2D eigenvalue weighted by molar-refractivity contribution is 0.112. The second kappa shape index (κ2) is 8.40. The summed E-state index contributed by atoms with van der Waals surface area (Å²) in [5, 5.41) is 0. The minimum absolute atomic E-state index is 0.0430. The van der Waals surface area contributed by atoms with Crippen molar-refractivity contribution >= 4 is 26.5 Å². The fourth-order valence-electron chi connectivity index (χ4n) is 2.13. The number of ether oxygens (including phenoxy) is 1. The molecule has 2 aromatic carbocycles. The van der Waals surface area contributed by atoms with Crippen molar-refractivity contribution in [1.29, 1.82) is 0 Å². The fourth-order valence-corrected chi connectivity index (χ4v) is 3.06. The van der Waals surface area contributed by atoms with Crippen molar-refractivity contribution in [3.63, 3.8) is 0 Å². The highest BCUT2D eigenvalue weighted by Crippen LogP contribution is 2.27. The van der Waals surface area contributed by atoms with Gasteiger partial charge in [0.2, 0.25) is 0 Å². The summed E-state index contributed by atoms with van der Waals surface area (Å²) in [6.45, 7) is 0.201. The quantitative estimate of drug-likeness (QED) is 0.451. The summed E-state index contributed by atoms with van der Waals surface area (Å²) in [6.07, 6.45) is 2.77. The topological polar surface area (TPSA) is 113 Å². The Bertz CT molecular complexity index is 1010. The van der Waals surface area contributed by atoms with Crippen LogP contribution in [0.3, 0.4) is 0 Å². The SMILES string of the molecule is CS(=O)(=O)Oc1ccc(CCOc2ccc(C=O)cc2)c(OS(C)(=O)=O)c1. The maximum atomic E-state index is 11.5. The van der Waals surface area contributed by atoms with Crippen molar-refractivity contribution in [2.24, 2.45) is 0 Å². The summed E-state index contributed by atoms with van der Waals surface area (Å²) in [7, 11) is -7.59. The molecular formula is C17H18O8S2. The van der Waals surface area contributed by atoms with E-state index in [0.717, 1.165) is 18.8 Å². The molecule has 2 rings (SSSR count). The van der Waals surface area contributed by atoms with Gasteiger partial charge >= 0.3 is 20.2 Å². The number of benzene rings is 2. The van der Waals surface area contributed by atoms with Gasteiger partial charge in [-0.2, -0.15) is 16.8 Å². The standard InChI is InChI=1S/C17H18O8S2/c1-26(19,20)24-16-8-5-14(17(11-16)25-27(2,21)22)9-10-23-15-6-3-13(12-18)4-7-15/h3-8,11-12H,9-10H2,1-2H3. The zero-order valence-corrected chi connectivity index (χ0v) is 16.2. The Kier molecular flexibility index (Phi) is 6.45. The first kappa shape index (κ1) is 20.7. The summed E-state index contributed by atoms with van der Waals surface area (Å²) in [6, 6.07) is 10.6. The van der Waals surface area contributed by atoms with Crippen LogP contribution in [0.15, 0.2) is 42.5 Å². The Morgan fingerprint density at radius 3 is 2.00 bits per heavy atom. The van der Waals surface area contributed by atoms with Gasteiger partial charge in [0.1, 0.15) is 23.5 Å².